The highest BCUT2D eigenvalue weighted by atomic mass is 79.9. The fraction of sp³-hybridized carbons (Fsp3) is 0.136. The number of methoxy groups -OCH3 is 1. The summed E-state index contributed by atoms with van der Waals surface area (Å²) in [6, 6.07) is 18.8. The van der Waals surface area contributed by atoms with Gasteiger partial charge in [-0.2, -0.15) is 0 Å². The Morgan fingerprint density at radius 2 is 1.79 bits per heavy atom. The van der Waals surface area contributed by atoms with Crippen molar-refractivity contribution >= 4 is 49.5 Å². The van der Waals surface area contributed by atoms with E-state index in [1.807, 2.05) is 42.5 Å². The molecule has 0 aliphatic heterocycles. The van der Waals surface area contributed by atoms with E-state index in [2.05, 4.69) is 21.2 Å². The molecule has 1 heterocycles. The summed E-state index contributed by atoms with van der Waals surface area (Å²) in [5.74, 6) is 0.894. The van der Waals surface area contributed by atoms with Gasteiger partial charge in [0.1, 0.15) is 22.7 Å². The molecule has 0 unspecified atom stereocenters. The Morgan fingerprint density at radius 3 is 2.54 bits per heavy atom. The van der Waals surface area contributed by atoms with E-state index in [0.29, 0.717) is 22.8 Å². The zero-order valence-corrected chi connectivity index (χ0v) is 16.9. The third kappa shape index (κ3) is 3.55. The average molecular weight is 440 g/mol. The second kappa shape index (κ2) is 7.56. The minimum atomic E-state index is -0.683. The van der Waals surface area contributed by atoms with Gasteiger partial charge in [-0.05, 0) is 43.3 Å². The van der Waals surface area contributed by atoms with E-state index in [0.717, 1.165) is 20.8 Å². The third-order valence-corrected chi connectivity index (χ3v) is 4.98. The highest BCUT2D eigenvalue weighted by Crippen LogP contribution is 2.36. The quantitative estimate of drug-likeness (QED) is 0.429. The second-order valence-electron chi connectivity index (χ2n) is 6.35. The molecular formula is C22H18BrNO4. The molecule has 1 aromatic heterocycles. The molecule has 0 aliphatic carbocycles. The van der Waals surface area contributed by atoms with Crippen molar-refractivity contribution < 1.29 is 18.7 Å². The fourth-order valence-corrected chi connectivity index (χ4v) is 3.29. The topological polar surface area (TPSA) is 60.7 Å². The molecule has 5 nitrogen and oxygen atoms in total. The van der Waals surface area contributed by atoms with Crippen LogP contribution in [-0.2, 0) is 4.79 Å². The summed E-state index contributed by atoms with van der Waals surface area (Å²) in [6.45, 7) is 1.70. The maximum atomic E-state index is 12.6. The van der Waals surface area contributed by atoms with Gasteiger partial charge >= 0.3 is 0 Å². The Hall–Kier alpha value is -2.99. The molecule has 1 atom stereocenters. The molecule has 4 rings (SSSR count). The standard InChI is InChI=1S/C22H18BrNO4/c1-13(27-15-9-7-14(23)8-10-15)22(25)24-18-12-20-17(11-21(18)26-2)16-5-3-4-6-19(16)28-20/h3-13H,1-2H3,(H,24,25)/t13-/m1/s1. The molecule has 0 fully saturated rings. The molecular weight excluding hydrogens is 422 g/mol. The summed E-state index contributed by atoms with van der Waals surface area (Å²) in [5.41, 5.74) is 2.00. The number of para-hydroxylation sites is 1. The van der Waals surface area contributed by atoms with E-state index in [9.17, 15) is 4.79 Å². The van der Waals surface area contributed by atoms with E-state index in [-0.39, 0.29) is 5.91 Å². The number of benzene rings is 3. The molecule has 0 saturated carbocycles. The summed E-state index contributed by atoms with van der Waals surface area (Å²) < 4.78 is 18.0. The van der Waals surface area contributed by atoms with E-state index in [1.54, 1.807) is 32.2 Å². The minimum Gasteiger partial charge on any atom is -0.495 e. The first-order valence-corrected chi connectivity index (χ1v) is 9.57. The van der Waals surface area contributed by atoms with Gasteiger partial charge in [0, 0.05) is 21.3 Å². The number of hydrogen-bond acceptors (Lipinski definition) is 4. The first-order chi connectivity index (χ1) is 13.5. The van der Waals surface area contributed by atoms with Crippen molar-refractivity contribution in [3.8, 4) is 11.5 Å². The maximum Gasteiger partial charge on any atom is 0.265 e. The number of ether oxygens (including phenoxy) is 2. The van der Waals surface area contributed by atoms with Crippen molar-refractivity contribution in [2.75, 3.05) is 12.4 Å². The first kappa shape index (κ1) is 18.4. The molecule has 0 radical (unpaired) electrons. The van der Waals surface area contributed by atoms with Crippen LogP contribution in [0, 0.1) is 0 Å². The SMILES string of the molecule is COc1cc2c(cc1NC(=O)[C@@H](C)Oc1ccc(Br)cc1)oc1ccccc12. The van der Waals surface area contributed by atoms with Crippen molar-refractivity contribution in [3.05, 3.63) is 65.1 Å². The predicted molar refractivity (Wildman–Crippen MR) is 113 cm³/mol. The number of furan rings is 1. The number of anilines is 1. The van der Waals surface area contributed by atoms with Gasteiger partial charge in [-0.1, -0.05) is 34.1 Å². The first-order valence-electron chi connectivity index (χ1n) is 8.77. The zero-order valence-electron chi connectivity index (χ0n) is 15.4. The molecule has 0 saturated heterocycles. The molecule has 3 aromatic carbocycles. The van der Waals surface area contributed by atoms with Crippen molar-refractivity contribution in [1.29, 1.82) is 0 Å². The molecule has 0 aliphatic rings. The Labute approximate surface area is 170 Å². The molecule has 1 amide bonds. The third-order valence-electron chi connectivity index (χ3n) is 4.45. The van der Waals surface area contributed by atoms with Crippen LogP contribution in [-0.4, -0.2) is 19.1 Å². The lowest BCUT2D eigenvalue weighted by Crippen LogP contribution is -2.30. The van der Waals surface area contributed by atoms with Crippen LogP contribution in [0.5, 0.6) is 11.5 Å². The Morgan fingerprint density at radius 1 is 1.04 bits per heavy atom. The molecule has 6 heteroatoms. The van der Waals surface area contributed by atoms with E-state index >= 15 is 0 Å². The number of amides is 1. The average Bonchev–Trinajstić information content (AvgIpc) is 3.06. The molecule has 142 valence electrons. The van der Waals surface area contributed by atoms with Crippen molar-refractivity contribution in [1.82, 2.24) is 0 Å². The normalized spacial score (nSPS) is 12.1. The second-order valence-corrected chi connectivity index (χ2v) is 7.27. The number of halogens is 1. The van der Waals surface area contributed by atoms with Gasteiger partial charge in [-0.25, -0.2) is 0 Å². The summed E-state index contributed by atoms with van der Waals surface area (Å²) in [7, 11) is 1.57. The van der Waals surface area contributed by atoms with Gasteiger partial charge in [0.2, 0.25) is 0 Å². The Balaban J connectivity index is 1.59. The van der Waals surface area contributed by atoms with Crippen LogP contribution in [0.25, 0.3) is 21.9 Å². The number of rotatable bonds is 5. The number of nitrogens with one attached hydrogen (secondary N) is 1. The van der Waals surface area contributed by atoms with Crippen LogP contribution >= 0.6 is 15.9 Å². The van der Waals surface area contributed by atoms with Crippen LogP contribution in [0.2, 0.25) is 0 Å². The molecule has 1 N–H and O–H groups in total. The van der Waals surface area contributed by atoms with Gasteiger partial charge in [-0.3, -0.25) is 4.79 Å². The van der Waals surface area contributed by atoms with E-state index in [4.69, 9.17) is 13.9 Å². The summed E-state index contributed by atoms with van der Waals surface area (Å²) >= 11 is 3.38. The number of carbonyl (C=O) groups is 1. The minimum absolute atomic E-state index is 0.281. The van der Waals surface area contributed by atoms with Crippen LogP contribution < -0.4 is 14.8 Å². The Bertz CT molecular complexity index is 1150. The zero-order chi connectivity index (χ0) is 19.7. The van der Waals surface area contributed by atoms with Crippen LogP contribution in [0.1, 0.15) is 6.92 Å². The van der Waals surface area contributed by atoms with Gasteiger partial charge in [0.15, 0.2) is 6.10 Å². The molecule has 0 spiro atoms. The maximum absolute atomic E-state index is 12.6. The van der Waals surface area contributed by atoms with Gasteiger partial charge in [0.05, 0.1) is 12.8 Å². The highest BCUT2D eigenvalue weighted by molar-refractivity contribution is 9.10. The smallest absolute Gasteiger partial charge is 0.265 e. The van der Waals surface area contributed by atoms with Crippen molar-refractivity contribution in [2.45, 2.75) is 13.0 Å². The molecule has 28 heavy (non-hydrogen) atoms. The summed E-state index contributed by atoms with van der Waals surface area (Å²) in [4.78, 5) is 12.6. The van der Waals surface area contributed by atoms with Gasteiger partial charge in [0.25, 0.3) is 5.91 Å². The predicted octanol–water partition coefficient (Wildman–Crippen LogP) is 5.76. The lowest BCUT2D eigenvalue weighted by Gasteiger charge is -2.16. The summed E-state index contributed by atoms with van der Waals surface area (Å²) in [5, 5.41) is 4.81. The van der Waals surface area contributed by atoms with Crippen LogP contribution in [0.3, 0.4) is 0 Å². The monoisotopic (exact) mass is 439 g/mol. The van der Waals surface area contributed by atoms with Crippen LogP contribution in [0.4, 0.5) is 5.69 Å². The van der Waals surface area contributed by atoms with E-state index < -0.39 is 6.10 Å². The number of hydrogen-bond donors (Lipinski definition) is 1. The molecule has 0 bridgehead atoms. The van der Waals surface area contributed by atoms with E-state index in [1.165, 1.54) is 0 Å². The van der Waals surface area contributed by atoms with Crippen molar-refractivity contribution in [2.24, 2.45) is 0 Å². The summed E-state index contributed by atoms with van der Waals surface area (Å²) in [6.07, 6.45) is -0.683. The van der Waals surface area contributed by atoms with Gasteiger partial charge < -0.3 is 19.2 Å². The molecule has 4 aromatic rings. The Kier molecular flexibility index (Phi) is 4.96. The van der Waals surface area contributed by atoms with Gasteiger partial charge in [-0.15, -0.1) is 0 Å². The fourth-order valence-electron chi connectivity index (χ4n) is 3.02. The largest absolute Gasteiger partial charge is 0.495 e. The van der Waals surface area contributed by atoms with Crippen LogP contribution in [0.15, 0.2) is 69.6 Å². The van der Waals surface area contributed by atoms with Crippen molar-refractivity contribution in [3.63, 3.8) is 0 Å². The highest BCUT2D eigenvalue weighted by Gasteiger charge is 2.19. The number of fused-ring (bicyclic) bond motifs is 3. The number of carbonyl (C=O) groups excluding carboxylic acids is 1. The lowest BCUT2D eigenvalue weighted by molar-refractivity contribution is -0.122. The lowest BCUT2D eigenvalue weighted by atomic mass is 10.1.